The zero-order valence-corrected chi connectivity index (χ0v) is 14.4. The molecule has 0 radical (unpaired) electrons. The lowest BCUT2D eigenvalue weighted by molar-refractivity contribution is -0.385. The van der Waals surface area contributed by atoms with Gasteiger partial charge >= 0.3 is 0 Å². The molecule has 1 amide bonds. The van der Waals surface area contributed by atoms with E-state index >= 15 is 0 Å². The third-order valence-corrected chi connectivity index (χ3v) is 3.89. The van der Waals surface area contributed by atoms with Crippen LogP contribution in [0, 0.1) is 17.0 Å². The van der Waals surface area contributed by atoms with Crippen molar-refractivity contribution in [2.45, 2.75) is 13.5 Å². The summed E-state index contributed by atoms with van der Waals surface area (Å²) in [5.41, 5.74) is 1.28. The number of hydrogen-bond acceptors (Lipinski definition) is 6. The first-order valence-electron chi connectivity index (χ1n) is 7.56. The molecule has 0 atom stereocenters. The highest BCUT2D eigenvalue weighted by atomic mass is 35.5. The molecule has 3 rings (SSSR count). The van der Waals surface area contributed by atoms with Crippen LogP contribution in [0.5, 0.6) is 0 Å². The first-order valence-corrected chi connectivity index (χ1v) is 7.93. The van der Waals surface area contributed by atoms with Crippen LogP contribution in [-0.4, -0.2) is 21.0 Å². The van der Waals surface area contributed by atoms with E-state index in [4.69, 9.17) is 16.1 Å². The van der Waals surface area contributed by atoms with Crippen molar-refractivity contribution in [1.29, 1.82) is 0 Å². The number of nitro benzene ring substituents is 1. The monoisotopic (exact) mass is 372 g/mol. The summed E-state index contributed by atoms with van der Waals surface area (Å²) in [6.07, 6.45) is 0. The number of benzene rings is 2. The van der Waals surface area contributed by atoms with E-state index in [1.807, 2.05) is 0 Å². The van der Waals surface area contributed by atoms with Crippen LogP contribution in [0.2, 0.25) is 5.02 Å². The molecule has 8 nitrogen and oxygen atoms in total. The molecule has 1 N–H and O–H groups in total. The van der Waals surface area contributed by atoms with Crippen LogP contribution in [0.4, 0.5) is 5.69 Å². The zero-order chi connectivity index (χ0) is 18.7. The molecule has 1 heterocycles. The summed E-state index contributed by atoms with van der Waals surface area (Å²) in [5.74, 6) is 0.112. The van der Waals surface area contributed by atoms with Gasteiger partial charge in [-0.3, -0.25) is 14.9 Å². The van der Waals surface area contributed by atoms with E-state index in [-0.39, 0.29) is 23.7 Å². The number of rotatable bonds is 5. The van der Waals surface area contributed by atoms with Crippen molar-refractivity contribution in [3.8, 4) is 11.4 Å². The summed E-state index contributed by atoms with van der Waals surface area (Å²) in [5, 5.41) is 18.0. The largest absolute Gasteiger partial charge is 0.343 e. The first-order chi connectivity index (χ1) is 12.4. The lowest BCUT2D eigenvalue weighted by Crippen LogP contribution is -2.23. The van der Waals surface area contributed by atoms with Crippen molar-refractivity contribution in [2.75, 3.05) is 0 Å². The van der Waals surface area contributed by atoms with Crippen LogP contribution in [0.1, 0.15) is 21.8 Å². The summed E-state index contributed by atoms with van der Waals surface area (Å²) < 4.78 is 5.10. The molecule has 26 heavy (non-hydrogen) atoms. The minimum absolute atomic E-state index is 0.00109. The van der Waals surface area contributed by atoms with Crippen LogP contribution >= 0.6 is 11.6 Å². The molecular weight excluding hydrogens is 360 g/mol. The number of halogens is 1. The van der Waals surface area contributed by atoms with Crippen LogP contribution in [-0.2, 0) is 6.54 Å². The molecule has 0 aliphatic heterocycles. The molecular formula is C17H13ClN4O4. The van der Waals surface area contributed by atoms with Gasteiger partial charge in [0, 0.05) is 27.8 Å². The number of carbonyl (C=O) groups is 1. The average Bonchev–Trinajstić information content (AvgIpc) is 3.09. The third-order valence-electron chi connectivity index (χ3n) is 3.64. The topological polar surface area (TPSA) is 111 Å². The van der Waals surface area contributed by atoms with E-state index in [0.29, 0.717) is 16.4 Å². The number of nitrogens with zero attached hydrogens (tertiary/aromatic N) is 3. The van der Waals surface area contributed by atoms with Gasteiger partial charge in [0.05, 0.1) is 11.5 Å². The highest BCUT2D eigenvalue weighted by Crippen LogP contribution is 2.20. The van der Waals surface area contributed by atoms with Gasteiger partial charge in [0.2, 0.25) is 11.7 Å². The van der Waals surface area contributed by atoms with E-state index in [0.717, 1.165) is 5.56 Å². The van der Waals surface area contributed by atoms with Crippen molar-refractivity contribution in [1.82, 2.24) is 15.5 Å². The van der Waals surface area contributed by atoms with Crippen molar-refractivity contribution in [2.24, 2.45) is 0 Å². The van der Waals surface area contributed by atoms with Gasteiger partial charge < -0.3 is 9.84 Å². The Hall–Kier alpha value is -3.26. The molecule has 0 spiro atoms. The van der Waals surface area contributed by atoms with Gasteiger partial charge in [0.15, 0.2) is 0 Å². The Morgan fingerprint density at radius 2 is 2.00 bits per heavy atom. The number of aryl methyl sites for hydroxylation is 1. The quantitative estimate of drug-likeness (QED) is 0.541. The second-order valence-electron chi connectivity index (χ2n) is 5.46. The fourth-order valence-electron chi connectivity index (χ4n) is 2.25. The van der Waals surface area contributed by atoms with Crippen molar-refractivity contribution < 1.29 is 14.2 Å². The number of carbonyl (C=O) groups excluding carboxylic acids is 1. The van der Waals surface area contributed by atoms with Gasteiger partial charge in [-0.05, 0) is 37.3 Å². The Bertz CT molecular complexity index is 969. The van der Waals surface area contributed by atoms with E-state index in [2.05, 4.69) is 15.5 Å². The van der Waals surface area contributed by atoms with Gasteiger partial charge in [-0.25, -0.2) is 0 Å². The predicted molar refractivity (Wildman–Crippen MR) is 93.7 cm³/mol. The molecule has 9 heteroatoms. The van der Waals surface area contributed by atoms with Crippen LogP contribution in [0.3, 0.4) is 0 Å². The summed E-state index contributed by atoms with van der Waals surface area (Å²) in [7, 11) is 0. The second kappa shape index (κ2) is 7.32. The molecule has 0 bridgehead atoms. The van der Waals surface area contributed by atoms with E-state index < -0.39 is 10.8 Å². The van der Waals surface area contributed by atoms with Gasteiger partial charge in [0.25, 0.3) is 11.6 Å². The Labute approximate surface area is 152 Å². The Balaban J connectivity index is 1.68. The van der Waals surface area contributed by atoms with Crippen LogP contribution in [0.15, 0.2) is 47.0 Å². The lowest BCUT2D eigenvalue weighted by Gasteiger charge is -2.03. The van der Waals surface area contributed by atoms with E-state index in [1.165, 1.54) is 18.2 Å². The molecule has 132 valence electrons. The number of nitro groups is 1. The highest BCUT2D eigenvalue weighted by molar-refractivity contribution is 6.30. The van der Waals surface area contributed by atoms with Gasteiger partial charge in [-0.2, -0.15) is 4.98 Å². The molecule has 0 aliphatic rings. The number of hydrogen-bond donors (Lipinski definition) is 1. The smallest absolute Gasteiger partial charge is 0.273 e. The number of aromatic nitrogens is 2. The summed E-state index contributed by atoms with van der Waals surface area (Å²) in [6, 6.07) is 11.2. The summed E-state index contributed by atoms with van der Waals surface area (Å²) in [6.45, 7) is 1.61. The van der Waals surface area contributed by atoms with Crippen molar-refractivity contribution >= 4 is 23.2 Å². The molecule has 0 unspecified atom stereocenters. The van der Waals surface area contributed by atoms with Crippen molar-refractivity contribution in [3.63, 3.8) is 0 Å². The maximum Gasteiger partial charge on any atom is 0.273 e. The van der Waals surface area contributed by atoms with E-state index in [1.54, 1.807) is 31.2 Å². The Morgan fingerprint density at radius 3 is 2.69 bits per heavy atom. The van der Waals surface area contributed by atoms with Gasteiger partial charge in [-0.1, -0.05) is 22.8 Å². The second-order valence-corrected chi connectivity index (χ2v) is 5.90. The normalized spacial score (nSPS) is 10.5. The summed E-state index contributed by atoms with van der Waals surface area (Å²) in [4.78, 5) is 26.8. The Kier molecular flexibility index (Phi) is 4.94. The maximum absolute atomic E-state index is 12.2. The summed E-state index contributed by atoms with van der Waals surface area (Å²) >= 11 is 5.83. The average molecular weight is 373 g/mol. The molecule has 0 fully saturated rings. The molecule has 0 saturated heterocycles. The minimum atomic E-state index is -0.525. The zero-order valence-electron chi connectivity index (χ0n) is 13.6. The third kappa shape index (κ3) is 3.86. The molecule has 0 saturated carbocycles. The molecule has 0 aliphatic carbocycles. The highest BCUT2D eigenvalue weighted by Gasteiger charge is 2.16. The fraction of sp³-hybridized carbons (Fsp3) is 0.118. The van der Waals surface area contributed by atoms with Crippen LogP contribution in [0.25, 0.3) is 11.4 Å². The Morgan fingerprint density at radius 1 is 1.27 bits per heavy atom. The maximum atomic E-state index is 12.2. The van der Waals surface area contributed by atoms with E-state index in [9.17, 15) is 14.9 Å². The van der Waals surface area contributed by atoms with Crippen LogP contribution < -0.4 is 5.32 Å². The predicted octanol–water partition coefficient (Wildman–Crippen LogP) is 3.54. The fourth-order valence-corrected chi connectivity index (χ4v) is 2.37. The van der Waals surface area contributed by atoms with Crippen molar-refractivity contribution in [3.05, 3.63) is 74.6 Å². The minimum Gasteiger partial charge on any atom is -0.343 e. The number of nitrogens with one attached hydrogen (secondary N) is 1. The first kappa shape index (κ1) is 17.6. The SMILES string of the molecule is Cc1ccc(C(=O)NCc2nc(-c3ccc(Cl)cc3)no2)cc1[N+](=O)[O-]. The molecule has 2 aromatic carbocycles. The lowest BCUT2D eigenvalue weighted by atomic mass is 10.1. The molecule has 1 aromatic heterocycles. The van der Waals surface area contributed by atoms with Gasteiger partial charge in [-0.15, -0.1) is 0 Å². The standard InChI is InChI=1S/C17H13ClN4O4/c1-10-2-3-12(8-14(10)22(24)25)17(23)19-9-15-20-16(21-26-15)11-4-6-13(18)7-5-11/h2-8H,9H2,1H3,(H,19,23). The number of amides is 1. The molecule has 3 aromatic rings. The van der Waals surface area contributed by atoms with Gasteiger partial charge in [0.1, 0.15) is 0 Å².